The number of H-pyrrole nitrogens is 1. The van der Waals surface area contributed by atoms with Gasteiger partial charge in [-0.3, -0.25) is 19.4 Å². The van der Waals surface area contributed by atoms with E-state index in [-0.39, 0.29) is 19.5 Å². The first-order valence-electron chi connectivity index (χ1n) is 13.3. The maximum Gasteiger partial charge on any atom is 0.416 e. The Bertz CT molecular complexity index is 1300. The lowest BCUT2D eigenvalue weighted by molar-refractivity contribution is -0.139. The molecular weight excluding hydrogens is 541 g/mol. The van der Waals surface area contributed by atoms with Crippen LogP contribution in [0.4, 0.5) is 18.0 Å². The zero-order chi connectivity index (χ0) is 30.2. The summed E-state index contributed by atoms with van der Waals surface area (Å²) in [7, 11) is 0. The van der Waals surface area contributed by atoms with E-state index in [0.29, 0.717) is 23.4 Å². The summed E-state index contributed by atoms with van der Waals surface area (Å²) >= 11 is 0. The summed E-state index contributed by atoms with van der Waals surface area (Å²) in [5.41, 5.74) is 0.297. The average Bonchev–Trinajstić information content (AvgIpc) is 3.60. The average molecular weight is 577 g/mol. The SMILES string of the molecule is CCCC[C@H](NC(=O)OC(Cn1ccc(-c2ccc(C(F)(F)F)cc2)n1)C(C)(C)C)C(=O)C(=O)NCc1ccn[nH]1. The lowest BCUT2D eigenvalue weighted by atomic mass is 9.89. The highest BCUT2D eigenvalue weighted by Gasteiger charge is 2.33. The van der Waals surface area contributed by atoms with Crippen molar-refractivity contribution in [3.8, 4) is 11.3 Å². The third-order valence-corrected chi connectivity index (χ3v) is 6.39. The molecule has 0 aliphatic carbocycles. The Morgan fingerprint density at radius 1 is 1.07 bits per heavy atom. The number of rotatable bonds is 12. The Labute approximate surface area is 236 Å². The Hall–Kier alpha value is -4.16. The molecule has 2 aromatic heterocycles. The molecule has 0 bridgehead atoms. The minimum Gasteiger partial charge on any atom is -0.444 e. The molecule has 0 aliphatic rings. The highest BCUT2D eigenvalue weighted by molar-refractivity contribution is 6.38. The Kier molecular flexibility index (Phi) is 10.3. The van der Waals surface area contributed by atoms with Crippen LogP contribution < -0.4 is 10.6 Å². The van der Waals surface area contributed by atoms with Gasteiger partial charge in [0.15, 0.2) is 0 Å². The Morgan fingerprint density at radius 3 is 2.37 bits per heavy atom. The van der Waals surface area contributed by atoms with Crippen LogP contribution in [-0.4, -0.2) is 49.9 Å². The highest BCUT2D eigenvalue weighted by atomic mass is 19.4. The summed E-state index contributed by atoms with van der Waals surface area (Å²) in [6.07, 6.45) is -1.19. The van der Waals surface area contributed by atoms with Crippen molar-refractivity contribution in [1.82, 2.24) is 30.6 Å². The number of amides is 2. The Balaban J connectivity index is 1.65. The van der Waals surface area contributed by atoms with E-state index in [0.717, 1.165) is 18.6 Å². The summed E-state index contributed by atoms with van der Waals surface area (Å²) in [6.45, 7) is 7.77. The molecule has 0 saturated heterocycles. The molecule has 2 amide bonds. The van der Waals surface area contributed by atoms with Gasteiger partial charge in [-0.05, 0) is 30.7 Å². The highest BCUT2D eigenvalue weighted by Crippen LogP contribution is 2.31. The molecule has 13 heteroatoms. The van der Waals surface area contributed by atoms with Gasteiger partial charge in [0.05, 0.1) is 30.0 Å². The molecule has 0 aliphatic heterocycles. The zero-order valence-corrected chi connectivity index (χ0v) is 23.4. The molecule has 0 spiro atoms. The van der Waals surface area contributed by atoms with Crippen LogP contribution in [-0.2, 0) is 33.6 Å². The number of nitrogens with zero attached hydrogens (tertiary/aromatic N) is 3. The second kappa shape index (κ2) is 13.5. The first-order valence-corrected chi connectivity index (χ1v) is 13.3. The van der Waals surface area contributed by atoms with Crippen LogP contribution in [0, 0.1) is 5.41 Å². The normalized spacial score (nSPS) is 13.3. The minimum absolute atomic E-state index is 0.0833. The Morgan fingerprint density at radius 2 is 1.78 bits per heavy atom. The number of carbonyl (C=O) groups excluding carboxylic acids is 3. The van der Waals surface area contributed by atoms with Crippen LogP contribution in [0.1, 0.15) is 58.2 Å². The molecule has 1 aromatic carbocycles. The lowest BCUT2D eigenvalue weighted by Gasteiger charge is -2.30. The van der Waals surface area contributed by atoms with Gasteiger partial charge in [-0.25, -0.2) is 4.79 Å². The molecule has 0 radical (unpaired) electrons. The van der Waals surface area contributed by atoms with Crippen molar-refractivity contribution in [2.24, 2.45) is 5.41 Å². The smallest absolute Gasteiger partial charge is 0.416 e. The van der Waals surface area contributed by atoms with Gasteiger partial charge in [0, 0.05) is 23.4 Å². The maximum absolute atomic E-state index is 12.9. The zero-order valence-electron chi connectivity index (χ0n) is 23.4. The van der Waals surface area contributed by atoms with Gasteiger partial charge in [-0.2, -0.15) is 23.4 Å². The van der Waals surface area contributed by atoms with E-state index in [1.165, 1.54) is 18.3 Å². The second-order valence-corrected chi connectivity index (χ2v) is 10.7. The van der Waals surface area contributed by atoms with Gasteiger partial charge >= 0.3 is 12.3 Å². The number of Topliss-reactive ketones (excluding diaryl/α,β-unsaturated/α-hetero) is 1. The summed E-state index contributed by atoms with van der Waals surface area (Å²) < 4.78 is 45.9. The minimum atomic E-state index is -4.43. The molecule has 2 atom stereocenters. The quantitative estimate of drug-likeness (QED) is 0.264. The molecule has 3 N–H and O–H groups in total. The molecule has 41 heavy (non-hydrogen) atoms. The van der Waals surface area contributed by atoms with Crippen LogP contribution in [0.3, 0.4) is 0 Å². The second-order valence-electron chi connectivity index (χ2n) is 10.7. The number of aromatic amines is 1. The van der Waals surface area contributed by atoms with Crippen LogP contribution >= 0.6 is 0 Å². The molecule has 3 aromatic rings. The van der Waals surface area contributed by atoms with Crippen LogP contribution in [0.5, 0.6) is 0 Å². The van der Waals surface area contributed by atoms with Gasteiger partial charge in [0.25, 0.3) is 5.91 Å². The van der Waals surface area contributed by atoms with Crippen molar-refractivity contribution < 1.29 is 32.3 Å². The largest absolute Gasteiger partial charge is 0.444 e. The number of benzene rings is 1. The number of nitrogens with one attached hydrogen (secondary N) is 3. The van der Waals surface area contributed by atoms with Crippen molar-refractivity contribution in [2.75, 3.05) is 0 Å². The molecule has 2 heterocycles. The van der Waals surface area contributed by atoms with Crippen LogP contribution in [0.2, 0.25) is 0 Å². The van der Waals surface area contributed by atoms with Crippen LogP contribution in [0.15, 0.2) is 48.8 Å². The molecule has 1 unspecified atom stereocenters. The van der Waals surface area contributed by atoms with Crippen LogP contribution in [0.25, 0.3) is 11.3 Å². The fourth-order valence-electron chi connectivity index (χ4n) is 3.89. The summed E-state index contributed by atoms with van der Waals surface area (Å²) in [5.74, 6) is -1.61. The number of halogens is 3. The monoisotopic (exact) mass is 576 g/mol. The summed E-state index contributed by atoms with van der Waals surface area (Å²) in [4.78, 5) is 38.2. The van der Waals surface area contributed by atoms with Crippen molar-refractivity contribution in [3.63, 3.8) is 0 Å². The molecule has 222 valence electrons. The number of hydrogen-bond donors (Lipinski definition) is 3. The predicted octanol–water partition coefficient (Wildman–Crippen LogP) is 4.88. The third kappa shape index (κ3) is 9.19. The first-order chi connectivity index (χ1) is 19.3. The molecule has 0 fully saturated rings. The van der Waals surface area contributed by atoms with Crippen molar-refractivity contribution >= 4 is 17.8 Å². The molecule has 10 nitrogen and oxygen atoms in total. The number of carbonyl (C=O) groups is 3. The van der Waals surface area contributed by atoms with Gasteiger partial charge in [0.1, 0.15) is 12.1 Å². The van der Waals surface area contributed by atoms with Crippen molar-refractivity contribution in [2.45, 2.75) is 78.4 Å². The van der Waals surface area contributed by atoms with E-state index in [2.05, 4.69) is 25.9 Å². The summed E-state index contributed by atoms with van der Waals surface area (Å²) in [5, 5.41) is 16.0. The number of hydrogen-bond acceptors (Lipinski definition) is 6. The molecule has 3 rings (SSSR count). The molecular formula is C28H35F3N6O4. The maximum atomic E-state index is 12.9. The topological polar surface area (TPSA) is 131 Å². The summed E-state index contributed by atoms with van der Waals surface area (Å²) in [6, 6.07) is 6.93. The number of ketones is 1. The fraction of sp³-hybridized carbons (Fsp3) is 0.464. The van der Waals surface area contributed by atoms with Gasteiger partial charge in [-0.1, -0.05) is 52.7 Å². The fourth-order valence-corrected chi connectivity index (χ4v) is 3.89. The van der Waals surface area contributed by atoms with Gasteiger partial charge in [0.2, 0.25) is 5.78 Å². The van der Waals surface area contributed by atoms with E-state index in [1.807, 2.05) is 27.7 Å². The van der Waals surface area contributed by atoms with E-state index in [9.17, 15) is 27.6 Å². The number of alkyl carbamates (subject to hydrolysis) is 1. The third-order valence-electron chi connectivity index (χ3n) is 6.39. The lowest BCUT2D eigenvalue weighted by Crippen LogP contribution is -2.49. The van der Waals surface area contributed by atoms with E-state index >= 15 is 0 Å². The van der Waals surface area contributed by atoms with Crippen molar-refractivity contribution in [1.29, 1.82) is 0 Å². The van der Waals surface area contributed by atoms with Gasteiger partial charge < -0.3 is 15.4 Å². The number of unbranched alkanes of at least 4 members (excludes halogenated alkanes) is 1. The first kappa shape index (κ1) is 31.4. The van der Waals surface area contributed by atoms with Crippen molar-refractivity contribution in [3.05, 3.63) is 60.0 Å². The number of ether oxygens (including phenoxy) is 1. The number of aromatic nitrogens is 4. The molecule has 0 saturated carbocycles. The van der Waals surface area contributed by atoms with E-state index in [1.54, 1.807) is 23.0 Å². The predicted molar refractivity (Wildman–Crippen MR) is 144 cm³/mol. The van der Waals surface area contributed by atoms with Gasteiger partial charge in [-0.15, -0.1) is 0 Å². The standard InChI is InChI=1S/C28H35F3N6O4/c1-5-6-7-22(24(38)25(39)32-16-20-12-14-33-35-20)34-26(40)41-23(27(2,3)4)17-37-15-13-21(36-37)18-8-10-19(11-9-18)28(29,30)31/h8-15,22-23H,5-7,16-17H2,1-4H3,(H,32,39)(H,33,35)(H,34,40)/t22-,23?/m0/s1. The van der Waals surface area contributed by atoms with E-state index in [4.69, 9.17) is 4.74 Å². The van der Waals surface area contributed by atoms with E-state index < -0.39 is 47.1 Å². The number of alkyl halides is 3.